The topological polar surface area (TPSA) is 14.1 Å². The maximum atomic E-state index is 11.5. The highest BCUT2D eigenvalue weighted by molar-refractivity contribution is 5.22. The zero-order chi connectivity index (χ0) is 5.98. The molecule has 1 heterocycles. The zero-order valence-electron chi connectivity index (χ0n) is 3.94. The van der Waals surface area contributed by atoms with Crippen molar-refractivity contribution >= 4 is 0 Å². The Morgan fingerprint density at radius 1 is 1.62 bits per heavy atom. The molecule has 1 aliphatic rings. The van der Waals surface area contributed by atoms with Gasteiger partial charge in [0.05, 0.1) is 6.20 Å². The van der Waals surface area contributed by atoms with Crippen LogP contribution in [0.5, 0.6) is 0 Å². The quantitative estimate of drug-likeness (QED) is 0.485. The minimum Gasteiger partial charge on any atom is -0.254 e. The summed E-state index contributed by atoms with van der Waals surface area (Å²) in [4.78, 5) is 0. The van der Waals surface area contributed by atoms with E-state index >= 15 is 0 Å². The van der Waals surface area contributed by atoms with Gasteiger partial charge in [0.25, 0.3) is 6.43 Å². The van der Waals surface area contributed by atoms with Crippen molar-refractivity contribution in [3.8, 4) is 0 Å². The van der Waals surface area contributed by atoms with E-state index in [0.29, 0.717) is 0 Å². The minimum atomic E-state index is -2.41. The van der Waals surface area contributed by atoms with Gasteiger partial charge in [-0.15, -0.1) is 0 Å². The van der Waals surface area contributed by atoms with Gasteiger partial charge in [0, 0.05) is 11.8 Å². The lowest BCUT2D eigenvalue weighted by Crippen LogP contribution is -1.90. The molecule has 0 aromatic rings. The first-order valence-electron chi connectivity index (χ1n) is 2.07. The van der Waals surface area contributed by atoms with Gasteiger partial charge >= 0.3 is 0 Å². The van der Waals surface area contributed by atoms with Crippen LogP contribution in [0.4, 0.5) is 8.78 Å². The normalized spacial score (nSPS) is 16.6. The second kappa shape index (κ2) is 1.94. The van der Waals surface area contributed by atoms with E-state index in [4.69, 9.17) is 0 Å². The van der Waals surface area contributed by atoms with E-state index in [2.05, 4.69) is 11.5 Å². The maximum Gasteiger partial charge on any atom is 0.265 e. The molecule has 0 N–H and O–H groups in total. The highest BCUT2D eigenvalue weighted by atomic mass is 19.3. The molecule has 0 aromatic heterocycles. The minimum absolute atomic E-state index is 0.0648. The summed E-state index contributed by atoms with van der Waals surface area (Å²) in [6, 6.07) is 0. The van der Waals surface area contributed by atoms with E-state index in [1.54, 1.807) is 0 Å². The smallest absolute Gasteiger partial charge is 0.254 e. The Kier molecular flexibility index (Phi) is 1.28. The molecule has 0 bridgehead atoms. The first-order chi connectivity index (χ1) is 3.80. The first kappa shape index (κ1) is 5.28. The number of alkyl halides is 2. The number of nitrogens with zero attached hydrogens (tertiary/aromatic N) is 1. The van der Waals surface area contributed by atoms with Crippen molar-refractivity contribution in [2.75, 3.05) is 0 Å². The molecule has 0 unspecified atom stereocenters. The highest BCUT2D eigenvalue weighted by Crippen LogP contribution is 2.11. The van der Waals surface area contributed by atoms with E-state index in [1.807, 2.05) is 0 Å². The molecule has 0 aromatic carbocycles. The molecular formula is C5H3F2N. The molecule has 1 aliphatic heterocycles. The average Bonchev–Trinajstić information content (AvgIpc) is 2.12. The molecule has 0 spiro atoms. The number of hydrogen-bond acceptors (Lipinski definition) is 0. The third-order valence-corrected chi connectivity index (χ3v) is 0.771. The lowest BCUT2D eigenvalue weighted by Gasteiger charge is -1.90. The van der Waals surface area contributed by atoms with Crippen LogP contribution in [0.3, 0.4) is 0 Å². The molecule has 0 saturated carbocycles. The lowest BCUT2D eigenvalue weighted by molar-refractivity contribution is 0.194. The van der Waals surface area contributed by atoms with Crippen molar-refractivity contribution in [1.82, 2.24) is 5.32 Å². The van der Waals surface area contributed by atoms with Crippen molar-refractivity contribution in [3.63, 3.8) is 0 Å². The summed E-state index contributed by atoms with van der Waals surface area (Å²) in [6.45, 7) is 0. The Morgan fingerprint density at radius 3 is 2.62 bits per heavy atom. The third-order valence-electron chi connectivity index (χ3n) is 0.771. The predicted octanol–water partition coefficient (Wildman–Crippen LogP) is 1.07. The van der Waals surface area contributed by atoms with Crippen LogP contribution in [0.25, 0.3) is 0 Å². The van der Waals surface area contributed by atoms with Crippen molar-refractivity contribution in [2.24, 2.45) is 0 Å². The van der Waals surface area contributed by atoms with Crippen molar-refractivity contribution in [2.45, 2.75) is 6.43 Å². The van der Waals surface area contributed by atoms with Gasteiger partial charge in [-0.05, 0) is 6.08 Å². The number of rotatable bonds is 1. The molecule has 0 amide bonds. The molecule has 1 nitrogen and oxygen atoms in total. The summed E-state index contributed by atoms with van der Waals surface area (Å²) in [5.41, 5.74) is -0.0648. The van der Waals surface area contributed by atoms with Gasteiger partial charge in [-0.2, -0.15) is 0 Å². The van der Waals surface area contributed by atoms with Gasteiger partial charge < -0.3 is 0 Å². The van der Waals surface area contributed by atoms with Gasteiger partial charge in [0.1, 0.15) is 0 Å². The Morgan fingerprint density at radius 2 is 2.38 bits per heavy atom. The Bertz CT molecular complexity index is 137. The van der Waals surface area contributed by atoms with Crippen LogP contribution in [0, 0.1) is 6.20 Å². The summed E-state index contributed by atoms with van der Waals surface area (Å²) in [6.07, 6.45) is 2.15. The number of hydrogen-bond donors (Lipinski definition) is 0. The fourth-order valence-electron chi connectivity index (χ4n) is 0.380. The summed E-state index contributed by atoms with van der Waals surface area (Å²) in [7, 11) is 0. The molecular weight excluding hydrogens is 112 g/mol. The van der Waals surface area contributed by atoms with Gasteiger partial charge in [0.2, 0.25) is 0 Å². The fourth-order valence-corrected chi connectivity index (χ4v) is 0.380. The van der Waals surface area contributed by atoms with Crippen LogP contribution < -0.4 is 5.32 Å². The van der Waals surface area contributed by atoms with E-state index in [9.17, 15) is 8.78 Å². The second-order valence-corrected chi connectivity index (χ2v) is 1.33. The largest absolute Gasteiger partial charge is 0.265 e. The second-order valence-electron chi connectivity index (χ2n) is 1.33. The molecule has 0 saturated heterocycles. The Balaban J connectivity index is 2.58. The van der Waals surface area contributed by atoms with Crippen LogP contribution in [-0.2, 0) is 0 Å². The van der Waals surface area contributed by atoms with Crippen molar-refractivity contribution in [1.29, 1.82) is 0 Å². The van der Waals surface area contributed by atoms with E-state index in [1.165, 1.54) is 6.08 Å². The molecule has 8 heavy (non-hydrogen) atoms. The molecule has 0 atom stereocenters. The van der Waals surface area contributed by atoms with Gasteiger partial charge in [-0.25, -0.2) is 8.78 Å². The standard InChI is InChI=1S/C5H3F2N/c6-5(7)4-1-2-8-3-4/h1,3,5H. The van der Waals surface area contributed by atoms with Gasteiger partial charge in [0.15, 0.2) is 0 Å². The Labute approximate surface area is 45.7 Å². The SMILES string of the molecule is FC(F)C1=C[N][C]=C1. The predicted molar refractivity (Wildman–Crippen MR) is 24.0 cm³/mol. The number of halogens is 2. The number of allylic oxidation sites excluding steroid dienone is 2. The fraction of sp³-hybridized carbons (Fsp3) is 0.200. The van der Waals surface area contributed by atoms with Crippen LogP contribution in [-0.4, -0.2) is 6.43 Å². The van der Waals surface area contributed by atoms with E-state index < -0.39 is 6.43 Å². The molecule has 2 radical (unpaired) electrons. The average molecular weight is 115 g/mol. The van der Waals surface area contributed by atoms with Crippen LogP contribution in [0.2, 0.25) is 0 Å². The summed E-state index contributed by atoms with van der Waals surface area (Å²) in [5, 5.41) is 3.34. The zero-order valence-corrected chi connectivity index (χ0v) is 3.94. The van der Waals surface area contributed by atoms with Gasteiger partial charge in [-0.3, -0.25) is 5.32 Å². The van der Waals surface area contributed by atoms with Crippen molar-refractivity contribution < 1.29 is 8.78 Å². The Hall–Kier alpha value is -0.860. The lowest BCUT2D eigenvalue weighted by atomic mass is 10.3. The van der Waals surface area contributed by atoms with E-state index in [-0.39, 0.29) is 5.57 Å². The molecule has 42 valence electrons. The molecule has 0 fully saturated rings. The first-order valence-corrected chi connectivity index (χ1v) is 2.07. The van der Waals surface area contributed by atoms with E-state index in [0.717, 1.165) is 6.20 Å². The van der Waals surface area contributed by atoms with Crippen LogP contribution in [0.15, 0.2) is 17.8 Å². The summed E-state index contributed by atoms with van der Waals surface area (Å²) in [5.74, 6) is 0. The summed E-state index contributed by atoms with van der Waals surface area (Å²) < 4.78 is 23.1. The monoisotopic (exact) mass is 115 g/mol. The molecule has 1 rings (SSSR count). The van der Waals surface area contributed by atoms with Crippen LogP contribution in [0.1, 0.15) is 0 Å². The summed E-state index contributed by atoms with van der Waals surface area (Å²) >= 11 is 0. The third kappa shape index (κ3) is 0.857. The molecule has 3 heteroatoms. The van der Waals surface area contributed by atoms with Gasteiger partial charge in [-0.1, -0.05) is 0 Å². The van der Waals surface area contributed by atoms with Crippen molar-refractivity contribution in [3.05, 3.63) is 24.0 Å². The van der Waals surface area contributed by atoms with Crippen LogP contribution >= 0.6 is 0 Å². The highest BCUT2D eigenvalue weighted by Gasteiger charge is 2.09. The molecule has 0 aliphatic carbocycles. The maximum absolute atomic E-state index is 11.5.